The average molecular weight is 327 g/mol. The summed E-state index contributed by atoms with van der Waals surface area (Å²) in [5, 5.41) is 20.9. The molecule has 2 aromatic rings. The Kier molecular flexibility index (Phi) is 4.43. The maximum Gasteiger partial charge on any atom is 0.319 e. The number of hydrogen-bond acceptors (Lipinski definition) is 5. The van der Waals surface area contributed by atoms with E-state index in [1.165, 1.54) is 0 Å². The van der Waals surface area contributed by atoms with E-state index in [2.05, 4.69) is 21.3 Å². The van der Waals surface area contributed by atoms with Crippen molar-refractivity contribution in [1.29, 1.82) is 0 Å². The summed E-state index contributed by atoms with van der Waals surface area (Å²) < 4.78 is 0. The predicted molar refractivity (Wildman–Crippen MR) is 96.3 cm³/mol. The molecule has 126 valence electrons. The first kappa shape index (κ1) is 15.9. The van der Waals surface area contributed by atoms with E-state index < -0.39 is 6.35 Å². The van der Waals surface area contributed by atoms with Crippen LogP contribution in [0.1, 0.15) is 5.56 Å². The van der Waals surface area contributed by atoms with Crippen molar-refractivity contribution in [3.63, 3.8) is 0 Å². The summed E-state index contributed by atoms with van der Waals surface area (Å²) in [6, 6.07) is 13.1. The fourth-order valence-electron chi connectivity index (χ4n) is 2.51. The number of hydrogen-bond donors (Lipinski definition) is 5. The van der Waals surface area contributed by atoms with Crippen LogP contribution in [-0.2, 0) is 6.54 Å². The molecule has 24 heavy (non-hydrogen) atoms. The molecule has 2 amide bonds. The Morgan fingerprint density at radius 3 is 2.62 bits per heavy atom. The van der Waals surface area contributed by atoms with Crippen LogP contribution < -0.4 is 26.2 Å². The lowest BCUT2D eigenvalue weighted by molar-refractivity contribution is 0.238. The minimum atomic E-state index is -0.846. The molecule has 2 aromatic carbocycles. The summed E-state index contributed by atoms with van der Waals surface area (Å²) in [5.74, 6) is 0. The summed E-state index contributed by atoms with van der Waals surface area (Å²) in [6.45, 7) is 0.433. The van der Waals surface area contributed by atoms with E-state index in [1.54, 1.807) is 12.1 Å². The third-order valence-corrected chi connectivity index (χ3v) is 3.79. The SMILES string of the molecule is CN(C)c1ccc(CNC(=O)Nc2cccc3c2NC(O)N3)cc1. The van der Waals surface area contributed by atoms with E-state index in [0.717, 1.165) is 16.9 Å². The number of urea groups is 1. The third-order valence-electron chi connectivity index (χ3n) is 3.79. The van der Waals surface area contributed by atoms with Gasteiger partial charge in [0.15, 0.2) is 0 Å². The van der Waals surface area contributed by atoms with E-state index in [9.17, 15) is 9.90 Å². The van der Waals surface area contributed by atoms with Crippen LogP contribution >= 0.6 is 0 Å². The second-order valence-corrected chi connectivity index (χ2v) is 5.79. The van der Waals surface area contributed by atoms with E-state index in [-0.39, 0.29) is 6.03 Å². The summed E-state index contributed by atoms with van der Waals surface area (Å²) >= 11 is 0. The van der Waals surface area contributed by atoms with Crippen LogP contribution in [0.5, 0.6) is 0 Å². The molecule has 7 nitrogen and oxygen atoms in total. The molecule has 0 fully saturated rings. The van der Waals surface area contributed by atoms with Gasteiger partial charge in [-0.25, -0.2) is 4.79 Å². The molecule has 1 aliphatic heterocycles. The van der Waals surface area contributed by atoms with Crippen molar-refractivity contribution in [2.75, 3.05) is 34.9 Å². The number of amides is 2. The zero-order valence-electron chi connectivity index (χ0n) is 13.6. The van der Waals surface area contributed by atoms with Crippen LogP contribution in [0.2, 0.25) is 0 Å². The van der Waals surface area contributed by atoms with Crippen molar-refractivity contribution >= 4 is 28.8 Å². The van der Waals surface area contributed by atoms with E-state index >= 15 is 0 Å². The molecule has 0 aromatic heterocycles. The molecular formula is C17H21N5O2. The smallest absolute Gasteiger partial charge is 0.319 e. The van der Waals surface area contributed by atoms with Crippen molar-refractivity contribution in [3.8, 4) is 0 Å². The molecule has 0 aliphatic carbocycles. The quantitative estimate of drug-likeness (QED) is 0.594. The molecular weight excluding hydrogens is 306 g/mol. The number of aliphatic hydroxyl groups is 1. The normalized spacial score (nSPS) is 15.0. The monoisotopic (exact) mass is 327 g/mol. The summed E-state index contributed by atoms with van der Waals surface area (Å²) in [6.07, 6.45) is -0.846. The molecule has 0 radical (unpaired) electrons. The molecule has 1 aliphatic rings. The van der Waals surface area contributed by atoms with Gasteiger partial charge in [-0.3, -0.25) is 0 Å². The second-order valence-electron chi connectivity index (χ2n) is 5.79. The van der Waals surface area contributed by atoms with Crippen LogP contribution in [0.4, 0.5) is 27.5 Å². The van der Waals surface area contributed by atoms with E-state index in [4.69, 9.17) is 0 Å². The van der Waals surface area contributed by atoms with Crippen LogP contribution in [0, 0.1) is 0 Å². The van der Waals surface area contributed by atoms with Crippen molar-refractivity contribution < 1.29 is 9.90 Å². The molecule has 0 saturated heterocycles. The molecule has 3 rings (SSSR count). The number of rotatable bonds is 4. The Labute approximate surface area is 140 Å². The molecule has 5 N–H and O–H groups in total. The van der Waals surface area contributed by atoms with Gasteiger partial charge in [0.05, 0.1) is 17.1 Å². The lowest BCUT2D eigenvalue weighted by Crippen LogP contribution is -2.28. The highest BCUT2D eigenvalue weighted by Gasteiger charge is 2.20. The van der Waals surface area contributed by atoms with Gasteiger partial charge in [-0.1, -0.05) is 18.2 Å². The summed E-state index contributed by atoms with van der Waals surface area (Å²) in [7, 11) is 3.97. The lowest BCUT2D eigenvalue weighted by atomic mass is 10.2. The number of fused-ring (bicyclic) bond motifs is 1. The first-order valence-corrected chi connectivity index (χ1v) is 7.68. The van der Waals surface area contributed by atoms with Gasteiger partial charge in [0.1, 0.15) is 0 Å². The third kappa shape index (κ3) is 3.52. The van der Waals surface area contributed by atoms with Gasteiger partial charge < -0.3 is 31.3 Å². The van der Waals surface area contributed by atoms with Crippen molar-refractivity contribution in [1.82, 2.24) is 5.32 Å². The Balaban J connectivity index is 1.58. The van der Waals surface area contributed by atoms with Crippen LogP contribution in [-0.4, -0.2) is 31.6 Å². The minimum Gasteiger partial charge on any atom is -0.378 e. The summed E-state index contributed by atoms with van der Waals surface area (Å²) in [5.41, 5.74) is 4.16. The maximum atomic E-state index is 12.1. The van der Waals surface area contributed by atoms with E-state index in [1.807, 2.05) is 49.3 Å². The van der Waals surface area contributed by atoms with Gasteiger partial charge >= 0.3 is 6.03 Å². The van der Waals surface area contributed by atoms with Crippen molar-refractivity contribution in [2.45, 2.75) is 12.9 Å². The van der Waals surface area contributed by atoms with Gasteiger partial charge in [0, 0.05) is 26.3 Å². The molecule has 1 atom stereocenters. The van der Waals surface area contributed by atoms with Crippen LogP contribution in [0.25, 0.3) is 0 Å². The lowest BCUT2D eigenvalue weighted by Gasteiger charge is -2.13. The van der Waals surface area contributed by atoms with Gasteiger partial charge in [0.2, 0.25) is 6.35 Å². The average Bonchev–Trinajstić information content (AvgIpc) is 2.95. The standard InChI is InChI=1S/C17H21N5O2/c1-22(2)12-8-6-11(7-9-12)10-18-16(23)19-13-4-3-5-14-15(13)21-17(24)20-14/h3-9,17,20-21,24H,10H2,1-2H3,(H2,18,19,23). The highest BCUT2D eigenvalue weighted by molar-refractivity contribution is 5.97. The fourth-order valence-corrected chi connectivity index (χ4v) is 2.51. The van der Waals surface area contributed by atoms with Crippen LogP contribution in [0.15, 0.2) is 42.5 Å². The molecule has 1 heterocycles. The van der Waals surface area contributed by atoms with Crippen LogP contribution in [0.3, 0.4) is 0 Å². The van der Waals surface area contributed by atoms with Gasteiger partial charge in [-0.15, -0.1) is 0 Å². The molecule has 1 unspecified atom stereocenters. The Morgan fingerprint density at radius 2 is 1.92 bits per heavy atom. The van der Waals surface area contributed by atoms with Crippen molar-refractivity contribution in [2.24, 2.45) is 0 Å². The Hall–Kier alpha value is -2.93. The predicted octanol–water partition coefficient (Wildman–Crippen LogP) is 2.19. The number of aliphatic hydroxyl groups excluding tert-OH is 1. The highest BCUT2D eigenvalue weighted by atomic mass is 16.3. The largest absolute Gasteiger partial charge is 0.378 e. The number of nitrogens with zero attached hydrogens (tertiary/aromatic N) is 1. The molecule has 0 bridgehead atoms. The van der Waals surface area contributed by atoms with Gasteiger partial charge in [0.25, 0.3) is 0 Å². The topological polar surface area (TPSA) is 88.7 Å². The van der Waals surface area contributed by atoms with Gasteiger partial charge in [-0.05, 0) is 29.8 Å². The zero-order valence-corrected chi connectivity index (χ0v) is 13.6. The number of carbonyl (C=O) groups excluding carboxylic acids is 1. The number of benzene rings is 2. The molecule has 0 spiro atoms. The molecule has 0 saturated carbocycles. The first-order chi connectivity index (χ1) is 11.5. The second kappa shape index (κ2) is 6.67. The Morgan fingerprint density at radius 1 is 1.17 bits per heavy atom. The number of para-hydroxylation sites is 1. The summed E-state index contributed by atoms with van der Waals surface area (Å²) in [4.78, 5) is 14.1. The number of anilines is 4. The fraction of sp³-hybridized carbons (Fsp3) is 0.235. The first-order valence-electron chi connectivity index (χ1n) is 7.68. The maximum absolute atomic E-state index is 12.1. The number of nitrogens with one attached hydrogen (secondary N) is 4. The van der Waals surface area contributed by atoms with Gasteiger partial charge in [-0.2, -0.15) is 0 Å². The van der Waals surface area contributed by atoms with Crippen molar-refractivity contribution in [3.05, 3.63) is 48.0 Å². The number of carbonyl (C=O) groups is 1. The van der Waals surface area contributed by atoms with E-state index in [0.29, 0.717) is 17.9 Å². The Bertz CT molecular complexity index is 730. The highest BCUT2D eigenvalue weighted by Crippen LogP contribution is 2.35. The zero-order chi connectivity index (χ0) is 17.1. The minimum absolute atomic E-state index is 0.303. The molecule has 7 heteroatoms.